The summed E-state index contributed by atoms with van der Waals surface area (Å²) in [4.78, 5) is 0. The monoisotopic (exact) mass is 447 g/mol. The van der Waals surface area contributed by atoms with Crippen LogP contribution in [0.3, 0.4) is 0 Å². The number of hydrogen-bond acceptors (Lipinski definition) is 5. The van der Waals surface area contributed by atoms with Crippen LogP contribution < -0.4 is 14.1 Å². The maximum atomic E-state index is 6.43. The van der Waals surface area contributed by atoms with Crippen molar-refractivity contribution in [2.75, 3.05) is 32.0 Å². The molecule has 5 nitrogen and oxygen atoms in total. The second-order valence-electron chi connectivity index (χ2n) is 7.78. The van der Waals surface area contributed by atoms with Gasteiger partial charge in [-0.25, -0.2) is 4.67 Å². The summed E-state index contributed by atoms with van der Waals surface area (Å²) in [6, 6.07) is 20.7. The van der Waals surface area contributed by atoms with E-state index >= 15 is 0 Å². The molecule has 6 heteroatoms. The molecule has 0 radical (unpaired) electrons. The maximum Gasteiger partial charge on any atom is 0.309 e. The normalized spacial score (nSPS) is 11.7. The molecular formula is C26H26NO4P. The van der Waals surface area contributed by atoms with E-state index in [2.05, 4.69) is 36.4 Å². The summed E-state index contributed by atoms with van der Waals surface area (Å²) in [5, 5.41) is 6.42. The topological polar surface area (TPSA) is 48.0 Å². The summed E-state index contributed by atoms with van der Waals surface area (Å²) in [6.45, 7) is 5.22. The second-order valence-corrected chi connectivity index (χ2v) is 9.42. The van der Waals surface area contributed by atoms with Crippen LogP contribution in [-0.2, 0) is 0 Å². The van der Waals surface area contributed by atoms with E-state index in [4.69, 9.17) is 17.9 Å². The molecule has 0 atom stereocenters. The van der Waals surface area contributed by atoms with Gasteiger partial charge in [0.1, 0.15) is 22.7 Å². The van der Waals surface area contributed by atoms with E-state index in [0.717, 1.165) is 55.0 Å². The van der Waals surface area contributed by atoms with Gasteiger partial charge in [0.2, 0.25) is 0 Å². The van der Waals surface area contributed by atoms with Gasteiger partial charge >= 0.3 is 8.16 Å². The van der Waals surface area contributed by atoms with E-state index in [-0.39, 0.29) is 0 Å². The van der Waals surface area contributed by atoms with Crippen LogP contribution in [0.25, 0.3) is 43.5 Å². The molecule has 0 fully saturated rings. The molecule has 0 saturated carbocycles. The van der Waals surface area contributed by atoms with Gasteiger partial charge in [-0.3, -0.25) is 0 Å². The van der Waals surface area contributed by atoms with Crippen molar-refractivity contribution in [1.29, 1.82) is 0 Å². The highest BCUT2D eigenvalue weighted by molar-refractivity contribution is 7.38. The lowest BCUT2D eigenvalue weighted by Gasteiger charge is -2.09. The van der Waals surface area contributed by atoms with E-state index < -0.39 is 8.16 Å². The molecule has 5 rings (SSSR count). The lowest BCUT2D eigenvalue weighted by atomic mass is 9.98. The SMILES string of the molecule is CCOc1ccc2ccc3op(N(C)C)oc4ccc5ccc(OCC)cc5c4c3c2c1. The Kier molecular flexibility index (Phi) is 5.46. The summed E-state index contributed by atoms with van der Waals surface area (Å²) in [6.07, 6.45) is 0. The number of fused-ring (bicyclic) bond motifs is 7. The molecule has 0 aliphatic rings. The zero-order valence-corrected chi connectivity index (χ0v) is 19.6. The fraction of sp³-hybridized carbons (Fsp3) is 0.231. The molecular weight excluding hydrogens is 421 g/mol. The largest absolute Gasteiger partial charge is 0.494 e. The maximum absolute atomic E-state index is 6.43. The smallest absolute Gasteiger partial charge is 0.309 e. The van der Waals surface area contributed by atoms with E-state index in [0.29, 0.717) is 13.2 Å². The average molecular weight is 447 g/mol. The van der Waals surface area contributed by atoms with Crippen molar-refractivity contribution in [3.63, 3.8) is 0 Å². The van der Waals surface area contributed by atoms with E-state index in [1.807, 2.05) is 56.9 Å². The van der Waals surface area contributed by atoms with Crippen LogP contribution in [0.1, 0.15) is 13.8 Å². The molecule has 0 N–H and O–H groups in total. The van der Waals surface area contributed by atoms with Gasteiger partial charge in [-0.05, 0) is 71.8 Å². The average Bonchev–Trinajstić information content (AvgIpc) is 2.97. The molecule has 0 aliphatic heterocycles. The molecule has 164 valence electrons. The van der Waals surface area contributed by atoms with Gasteiger partial charge in [0.15, 0.2) is 0 Å². The molecule has 0 bridgehead atoms. The first-order valence-electron chi connectivity index (χ1n) is 10.8. The molecule has 1 aromatic heterocycles. The van der Waals surface area contributed by atoms with Crippen LogP contribution in [0.5, 0.6) is 11.5 Å². The Balaban J connectivity index is 2.05. The van der Waals surface area contributed by atoms with Crippen LogP contribution in [0.2, 0.25) is 0 Å². The molecule has 0 unspecified atom stereocenters. The van der Waals surface area contributed by atoms with Crippen LogP contribution in [0.15, 0.2) is 69.1 Å². The Morgan fingerprint density at radius 1 is 0.688 bits per heavy atom. The van der Waals surface area contributed by atoms with Gasteiger partial charge in [-0.1, -0.05) is 24.3 Å². The van der Waals surface area contributed by atoms with Gasteiger partial charge in [0.05, 0.1) is 13.2 Å². The van der Waals surface area contributed by atoms with Crippen molar-refractivity contribution in [3.8, 4) is 11.5 Å². The Morgan fingerprint density at radius 2 is 1.12 bits per heavy atom. The summed E-state index contributed by atoms with van der Waals surface area (Å²) in [5.41, 5.74) is 1.61. The lowest BCUT2D eigenvalue weighted by Crippen LogP contribution is -2.02. The molecule has 5 aromatic rings. The van der Waals surface area contributed by atoms with E-state index in [9.17, 15) is 0 Å². The van der Waals surface area contributed by atoms with Crippen molar-refractivity contribution in [2.45, 2.75) is 13.8 Å². The van der Waals surface area contributed by atoms with Crippen molar-refractivity contribution in [1.82, 2.24) is 0 Å². The first-order valence-corrected chi connectivity index (χ1v) is 11.9. The highest BCUT2D eigenvalue weighted by Gasteiger charge is 2.15. The van der Waals surface area contributed by atoms with Gasteiger partial charge in [0.25, 0.3) is 0 Å². The highest BCUT2D eigenvalue weighted by atomic mass is 31.1. The minimum Gasteiger partial charge on any atom is -0.494 e. The fourth-order valence-electron chi connectivity index (χ4n) is 4.09. The molecule has 0 aliphatic carbocycles. The number of hydrogen-bond donors (Lipinski definition) is 0. The van der Waals surface area contributed by atoms with Crippen LogP contribution in [0.4, 0.5) is 0 Å². The predicted molar refractivity (Wildman–Crippen MR) is 134 cm³/mol. The van der Waals surface area contributed by atoms with Crippen molar-refractivity contribution in [3.05, 3.63) is 60.7 Å². The highest BCUT2D eigenvalue weighted by Crippen LogP contribution is 2.42. The zero-order valence-electron chi connectivity index (χ0n) is 18.7. The number of nitrogens with zero attached hydrogens (tertiary/aromatic N) is 1. The van der Waals surface area contributed by atoms with Crippen LogP contribution in [0, 0.1) is 0 Å². The van der Waals surface area contributed by atoms with Crippen molar-refractivity contribution in [2.24, 2.45) is 0 Å². The number of ether oxygens (including phenoxy) is 2. The summed E-state index contributed by atoms with van der Waals surface area (Å²) >= 11 is 0. The zero-order chi connectivity index (χ0) is 22.2. The van der Waals surface area contributed by atoms with Gasteiger partial charge < -0.3 is 17.9 Å². The van der Waals surface area contributed by atoms with Crippen LogP contribution in [-0.4, -0.2) is 27.3 Å². The third-order valence-corrected chi connectivity index (χ3v) is 6.82. The van der Waals surface area contributed by atoms with Crippen LogP contribution >= 0.6 is 8.16 Å². The fourth-order valence-corrected chi connectivity index (χ4v) is 5.09. The quantitative estimate of drug-likeness (QED) is 0.278. The predicted octanol–water partition coefficient (Wildman–Crippen LogP) is 7.59. The number of benzene rings is 4. The molecule has 32 heavy (non-hydrogen) atoms. The minimum atomic E-state index is -1.30. The van der Waals surface area contributed by atoms with E-state index in [1.54, 1.807) is 0 Å². The Bertz CT molecular complexity index is 1380. The van der Waals surface area contributed by atoms with E-state index in [1.165, 1.54) is 0 Å². The molecule has 4 aromatic carbocycles. The molecule has 0 spiro atoms. The van der Waals surface area contributed by atoms with Gasteiger partial charge in [-0.15, -0.1) is 0 Å². The second kappa shape index (κ2) is 8.42. The van der Waals surface area contributed by atoms with Crippen molar-refractivity contribution < 1.29 is 17.9 Å². The molecule has 0 saturated heterocycles. The lowest BCUT2D eigenvalue weighted by molar-refractivity contribution is 0.340. The number of rotatable bonds is 5. The summed E-state index contributed by atoms with van der Waals surface area (Å²) in [5.74, 6) is 1.68. The first kappa shape index (κ1) is 20.7. The third-order valence-electron chi connectivity index (χ3n) is 5.46. The third kappa shape index (κ3) is 3.58. The minimum absolute atomic E-state index is 0.614. The van der Waals surface area contributed by atoms with Crippen molar-refractivity contribution >= 4 is 51.6 Å². The molecule has 0 amide bonds. The Labute approximate surface area is 187 Å². The van der Waals surface area contributed by atoms with Gasteiger partial charge in [-0.2, -0.15) is 0 Å². The van der Waals surface area contributed by atoms with Gasteiger partial charge in [0, 0.05) is 24.9 Å². The summed E-state index contributed by atoms with van der Waals surface area (Å²) in [7, 11) is 2.64. The summed E-state index contributed by atoms with van der Waals surface area (Å²) < 4.78 is 26.5. The molecule has 1 heterocycles. The first-order chi connectivity index (χ1) is 15.6. The Morgan fingerprint density at radius 3 is 1.53 bits per heavy atom. The Hall–Kier alpha value is -3.14. The standard InChI is InChI=1S/C26H26NO4P/c1-5-28-19-11-7-17-9-13-23-25(21(17)15-19)26-22-16-20(29-6-2)12-8-18(22)10-14-24(26)31-32(30-23)27(3)4/h7-16H,5-6H2,1-4H3.